The van der Waals surface area contributed by atoms with E-state index in [-0.39, 0.29) is 5.97 Å². The number of benzene rings is 1. The maximum absolute atomic E-state index is 12.3. The maximum atomic E-state index is 12.3. The molecule has 0 fully saturated rings. The molecule has 118 valence electrons. The van der Waals surface area contributed by atoms with Crippen LogP contribution in [0.5, 0.6) is 0 Å². The van der Waals surface area contributed by atoms with Gasteiger partial charge in [-0.05, 0) is 31.2 Å². The maximum Gasteiger partial charge on any atom is 0.420 e. The fourth-order valence-electron chi connectivity index (χ4n) is 1.39. The zero-order valence-corrected chi connectivity index (χ0v) is 11.6. The Morgan fingerprint density at radius 1 is 1.14 bits per heavy atom. The van der Waals surface area contributed by atoms with Crippen LogP contribution in [0.3, 0.4) is 0 Å². The quantitative estimate of drug-likeness (QED) is 0.476. The van der Waals surface area contributed by atoms with Gasteiger partial charge in [-0.1, -0.05) is 18.2 Å². The monoisotopic (exact) mass is 315 g/mol. The van der Waals surface area contributed by atoms with Crippen LogP contribution >= 0.6 is 0 Å². The number of hydrogen-bond acceptors (Lipinski definition) is 3. The lowest BCUT2D eigenvalue weighted by Crippen LogP contribution is -2.08. The summed E-state index contributed by atoms with van der Waals surface area (Å²) in [4.78, 5) is 13.9. The highest BCUT2D eigenvalue weighted by molar-refractivity contribution is 5.89. The molecular formula is C15H13F4NO2. The van der Waals surface area contributed by atoms with E-state index < -0.39 is 17.7 Å². The van der Waals surface area contributed by atoms with Gasteiger partial charge in [0.15, 0.2) is 0 Å². The molecule has 0 saturated carbocycles. The zero-order valence-electron chi connectivity index (χ0n) is 11.6. The van der Waals surface area contributed by atoms with E-state index in [2.05, 4.69) is 4.98 Å². The summed E-state index contributed by atoms with van der Waals surface area (Å²) in [5.74, 6) is -1.74. The molecule has 2 aromatic rings. The van der Waals surface area contributed by atoms with Crippen LogP contribution in [-0.4, -0.2) is 17.6 Å². The molecule has 0 saturated heterocycles. The van der Waals surface area contributed by atoms with Crippen molar-refractivity contribution in [3.8, 4) is 0 Å². The molecule has 0 spiro atoms. The van der Waals surface area contributed by atoms with Gasteiger partial charge in [0.2, 0.25) is 5.95 Å². The van der Waals surface area contributed by atoms with E-state index in [4.69, 9.17) is 4.74 Å². The first-order chi connectivity index (χ1) is 10.4. The van der Waals surface area contributed by atoms with E-state index in [1.54, 1.807) is 19.1 Å². The summed E-state index contributed by atoms with van der Waals surface area (Å²) in [6.45, 7) is 2.22. The van der Waals surface area contributed by atoms with Crippen molar-refractivity contribution in [2.45, 2.75) is 13.1 Å². The third kappa shape index (κ3) is 5.51. The molecular weight excluding hydrogens is 302 g/mol. The third-order valence-corrected chi connectivity index (χ3v) is 2.35. The van der Waals surface area contributed by atoms with Gasteiger partial charge in [0.1, 0.15) is 5.56 Å². The molecule has 3 nitrogen and oxygen atoms in total. The summed E-state index contributed by atoms with van der Waals surface area (Å²) < 4.78 is 52.3. The second kappa shape index (κ2) is 8.11. The van der Waals surface area contributed by atoms with Gasteiger partial charge >= 0.3 is 12.1 Å². The molecule has 1 heterocycles. The van der Waals surface area contributed by atoms with Crippen molar-refractivity contribution in [1.29, 1.82) is 0 Å². The molecule has 1 aromatic heterocycles. The van der Waals surface area contributed by atoms with Gasteiger partial charge in [-0.2, -0.15) is 17.6 Å². The van der Waals surface area contributed by atoms with E-state index >= 15 is 0 Å². The third-order valence-electron chi connectivity index (χ3n) is 2.35. The minimum Gasteiger partial charge on any atom is -0.462 e. The molecule has 0 bridgehead atoms. The predicted octanol–water partition coefficient (Wildman–Crippen LogP) is 4.10. The molecule has 0 unspecified atom stereocenters. The molecule has 0 radical (unpaired) electrons. The van der Waals surface area contributed by atoms with Crippen molar-refractivity contribution in [1.82, 2.24) is 4.98 Å². The first-order valence-electron chi connectivity index (χ1n) is 6.26. The molecule has 22 heavy (non-hydrogen) atoms. The Hall–Kier alpha value is -2.44. The minimum absolute atomic E-state index is 0.256. The van der Waals surface area contributed by atoms with E-state index in [9.17, 15) is 22.4 Å². The van der Waals surface area contributed by atoms with Gasteiger partial charge in [-0.15, -0.1) is 0 Å². The van der Waals surface area contributed by atoms with Crippen molar-refractivity contribution in [2.75, 3.05) is 6.61 Å². The second-order valence-corrected chi connectivity index (χ2v) is 3.93. The van der Waals surface area contributed by atoms with Gasteiger partial charge < -0.3 is 4.74 Å². The SMILES string of the molecule is CCOC(=O)c1ccccc1.Fc1ncccc1C(F)(F)F. The van der Waals surface area contributed by atoms with Crippen LogP contribution in [0.2, 0.25) is 0 Å². The molecule has 0 atom stereocenters. The number of nitrogens with zero attached hydrogens (tertiary/aromatic N) is 1. The standard InChI is InChI=1S/C9H10O2.C6H3F4N/c1-2-11-9(10)8-6-4-3-5-7-8;7-5-4(6(8,9)10)2-1-3-11-5/h3-7H,2H2,1H3;1-3H. The fraction of sp³-hybridized carbons (Fsp3) is 0.200. The first-order valence-corrected chi connectivity index (χ1v) is 6.26. The molecule has 1 aromatic carbocycles. The molecule has 0 N–H and O–H groups in total. The lowest BCUT2D eigenvalue weighted by atomic mass is 10.2. The molecule has 0 aliphatic rings. The van der Waals surface area contributed by atoms with Crippen molar-refractivity contribution in [2.24, 2.45) is 0 Å². The highest BCUT2D eigenvalue weighted by atomic mass is 19.4. The highest BCUT2D eigenvalue weighted by Gasteiger charge is 2.34. The molecule has 0 aliphatic heterocycles. The van der Waals surface area contributed by atoms with Crippen LogP contribution in [0.15, 0.2) is 48.7 Å². The van der Waals surface area contributed by atoms with Crippen LogP contribution in [0.25, 0.3) is 0 Å². The van der Waals surface area contributed by atoms with E-state index in [1.807, 2.05) is 18.2 Å². The van der Waals surface area contributed by atoms with Gasteiger partial charge in [-0.25, -0.2) is 9.78 Å². The summed E-state index contributed by atoms with van der Waals surface area (Å²) in [6.07, 6.45) is -3.69. The normalized spacial score (nSPS) is 10.4. The van der Waals surface area contributed by atoms with Gasteiger partial charge in [0, 0.05) is 6.20 Å². The second-order valence-electron chi connectivity index (χ2n) is 3.93. The van der Waals surface area contributed by atoms with Crippen LogP contribution in [-0.2, 0) is 10.9 Å². The Bertz CT molecular complexity index is 600. The molecule has 0 aliphatic carbocycles. The van der Waals surface area contributed by atoms with Crippen molar-refractivity contribution in [3.63, 3.8) is 0 Å². The van der Waals surface area contributed by atoms with Gasteiger partial charge in [0.05, 0.1) is 12.2 Å². The van der Waals surface area contributed by atoms with Gasteiger partial charge in [-0.3, -0.25) is 0 Å². The van der Waals surface area contributed by atoms with Crippen LogP contribution in [0, 0.1) is 5.95 Å². The van der Waals surface area contributed by atoms with E-state index in [1.165, 1.54) is 0 Å². The number of pyridine rings is 1. The number of halogens is 4. The van der Waals surface area contributed by atoms with E-state index in [0.29, 0.717) is 18.2 Å². The molecule has 0 amide bonds. The Balaban J connectivity index is 0.000000220. The van der Waals surface area contributed by atoms with Crippen molar-refractivity contribution < 1.29 is 27.1 Å². The number of ether oxygens (including phenoxy) is 1. The van der Waals surface area contributed by atoms with Crippen LogP contribution in [0.4, 0.5) is 17.6 Å². The highest BCUT2D eigenvalue weighted by Crippen LogP contribution is 2.29. The summed E-state index contributed by atoms with van der Waals surface area (Å²) in [5.41, 5.74) is -0.727. The average Bonchev–Trinajstić information content (AvgIpc) is 2.48. The number of alkyl halides is 3. The zero-order chi connectivity index (χ0) is 16.6. The largest absolute Gasteiger partial charge is 0.462 e. The Kier molecular flexibility index (Phi) is 6.49. The Labute approximate surface area is 124 Å². The molecule has 7 heteroatoms. The summed E-state index contributed by atoms with van der Waals surface area (Å²) >= 11 is 0. The van der Waals surface area contributed by atoms with Crippen molar-refractivity contribution >= 4 is 5.97 Å². The number of carbonyl (C=O) groups excluding carboxylic acids is 1. The number of esters is 1. The smallest absolute Gasteiger partial charge is 0.420 e. The molecule has 2 rings (SSSR count). The number of hydrogen-bond donors (Lipinski definition) is 0. The Morgan fingerprint density at radius 3 is 2.23 bits per heavy atom. The topological polar surface area (TPSA) is 39.2 Å². The number of carbonyl (C=O) groups is 1. The first kappa shape index (κ1) is 17.6. The number of aromatic nitrogens is 1. The lowest BCUT2D eigenvalue weighted by molar-refractivity contribution is -0.140. The lowest BCUT2D eigenvalue weighted by Gasteiger charge is -2.04. The van der Waals surface area contributed by atoms with Crippen molar-refractivity contribution in [3.05, 3.63) is 65.7 Å². The van der Waals surface area contributed by atoms with Crippen LogP contribution in [0.1, 0.15) is 22.8 Å². The summed E-state index contributed by atoms with van der Waals surface area (Å²) in [7, 11) is 0. The summed E-state index contributed by atoms with van der Waals surface area (Å²) in [5, 5.41) is 0. The van der Waals surface area contributed by atoms with Gasteiger partial charge in [0.25, 0.3) is 0 Å². The Morgan fingerprint density at radius 2 is 1.77 bits per heavy atom. The fourth-order valence-corrected chi connectivity index (χ4v) is 1.39. The minimum atomic E-state index is -4.65. The summed E-state index contributed by atoms with van der Waals surface area (Å²) in [6, 6.07) is 10.6. The average molecular weight is 315 g/mol. The number of rotatable bonds is 2. The van der Waals surface area contributed by atoms with Crippen LogP contribution < -0.4 is 0 Å². The predicted molar refractivity (Wildman–Crippen MR) is 71.6 cm³/mol. The van der Waals surface area contributed by atoms with E-state index in [0.717, 1.165) is 12.3 Å².